The van der Waals surface area contributed by atoms with Crippen molar-refractivity contribution in [2.45, 2.75) is 27.7 Å². The summed E-state index contributed by atoms with van der Waals surface area (Å²) < 4.78 is 0. The zero-order chi connectivity index (χ0) is 32.8. The summed E-state index contributed by atoms with van der Waals surface area (Å²) >= 11 is 0. The average Bonchev–Trinajstić information content (AvgIpc) is 3.10. The molecule has 0 heterocycles. The molecule has 0 fully saturated rings. The standard InChI is InChI=1S/C48H36/c1-31-11-5-15-35(23-31)41-19-9-21-43-45(37-17-7-13-33(3)25-37)27-39(29-47(41)43)40-28-46(38-18-8-14-34(4)26-38)44-22-10-20-42(48(44)30-40)36-16-6-12-32(2)24-36/h5-28H,1-4H3. The minimum absolute atomic E-state index is 1.04. The van der Waals surface area contributed by atoms with Gasteiger partial charge in [0.05, 0.1) is 0 Å². The number of fused-ring (bicyclic) bond motifs is 2. The van der Waals surface area contributed by atoms with Crippen LogP contribution in [0.3, 0.4) is 0 Å². The van der Waals surface area contributed by atoms with Gasteiger partial charge in [0.25, 0.3) is 0 Å². The van der Waals surface area contributed by atoms with Gasteiger partial charge in [0.15, 0.2) is 0 Å². The third-order valence-corrected chi connectivity index (χ3v) is 9.41. The highest BCUT2D eigenvalue weighted by molar-refractivity contribution is 6.09. The van der Waals surface area contributed by atoms with Gasteiger partial charge in [-0.05, 0) is 129 Å². The molecule has 8 aromatic carbocycles. The minimum atomic E-state index is 1.04. The second kappa shape index (κ2) is 12.1. The summed E-state index contributed by atoms with van der Waals surface area (Å²) in [6.45, 7) is 8.64. The predicted molar refractivity (Wildman–Crippen MR) is 205 cm³/mol. The van der Waals surface area contributed by atoms with Gasteiger partial charge in [-0.1, -0.05) is 156 Å². The van der Waals surface area contributed by atoms with Gasteiger partial charge in [-0.15, -0.1) is 0 Å². The van der Waals surface area contributed by atoms with E-state index >= 15 is 0 Å². The maximum atomic E-state index is 3.95. The molecule has 0 aromatic heterocycles. The monoisotopic (exact) mass is 612 g/mol. The van der Waals surface area contributed by atoms with E-state index in [4.69, 9.17) is 0 Å². The molecule has 0 saturated carbocycles. The lowest BCUT2D eigenvalue weighted by Crippen LogP contribution is -1.92. The van der Waals surface area contributed by atoms with Crippen molar-refractivity contribution < 1.29 is 0 Å². The molecule has 0 aliphatic rings. The highest BCUT2D eigenvalue weighted by Crippen LogP contribution is 2.42. The van der Waals surface area contributed by atoms with Crippen LogP contribution in [-0.4, -0.2) is 0 Å². The van der Waals surface area contributed by atoms with Crippen molar-refractivity contribution in [3.8, 4) is 55.6 Å². The van der Waals surface area contributed by atoms with Crippen LogP contribution in [0.5, 0.6) is 0 Å². The van der Waals surface area contributed by atoms with Crippen molar-refractivity contribution in [2.24, 2.45) is 0 Å². The first-order chi connectivity index (χ1) is 23.4. The highest BCUT2D eigenvalue weighted by atomic mass is 14.2. The van der Waals surface area contributed by atoms with Crippen molar-refractivity contribution in [3.05, 3.63) is 180 Å². The first-order valence-corrected chi connectivity index (χ1v) is 16.7. The van der Waals surface area contributed by atoms with Gasteiger partial charge >= 0.3 is 0 Å². The van der Waals surface area contributed by atoms with Gasteiger partial charge in [-0.3, -0.25) is 0 Å². The van der Waals surface area contributed by atoms with Crippen LogP contribution < -0.4 is 0 Å². The molecule has 0 unspecified atom stereocenters. The third kappa shape index (κ3) is 5.50. The fourth-order valence-corrected chi connectivity index (χ4v) is 7.11. The van der Waals surface area contributed by atoms with Gasteiger partial charge in [-0.25, -0.2) is 0 Å². The number of hydrogen-bond acceptors (Lipinski definition) is 0. The maximum absolute atomic E-state index is 3.95. The summed E-state index contributed by atoms with van der Waals surface area (Å²) in [5, 5.41) is 4.64. The van der Waals surface area contributed by atoms with Crippen LogP contribution in [0, 0.1) is 39.8 Å². The van der Waals surface area contributed by atoms with Gasteiger partial charge in [0.1, 0.15) is 0 Å². The Morgan fingerprint density at radius 2 is 0.625 bits per heavy atom. The molecule has 2 radical (unpaired) electrons. The lowest BCUT2D eigenvalue weighted by molar-refractivity contribution is 1.46. The third-order valence-electron chi connectivity index (χ3n) is 9.41. The Morgan fingerprint density at radius 3 is 0.958 bits per heavy atom. The molecule has 0 aliphatic carbocycles. The van der Waals surface area contributed by atoms with E-state index in [0.717, 1.165) is 21.9 Å². The molecule has 0 N–H and O–H groups in total. The molecule has 0 atom stereocenters. The van der Waals surface area contributed by atoms with Crippen LogP contribution in [0.15, 0.2) is 146 Å². The van der Waals surface area contributed by atoms with Gasteiger partial charge < -0.3 is 0 Å². The van der Waals surface area contributed by atoms with Crippen molar-refractivity contribution in [3.63, 3.8) is 0 Å². The molecular formula is C48H36. The van der Waals surface area contributed by atoms with Crippen LogP contribution >= 0.6 is 0 Å². The first-order valence-electron chi connectivity index (χ1n) is 16.7. The molecule has 0 saturated heterocycles. The molecule has 0 amide bonds. The molecular weight excluding hydrogens is 577 g/mol. The normalized spacial score (nSPS) is 11.3. The Morgan fingerprint density at radius 1 is 0.312 bits per heavy atom. The van der Waals surface area contributed by atoms with Gasteiger partial charge in [0.2, 0.25) is 0 Å². The second-order valence-corrected chi connectivity index (χ2v) is 13.1. The van der Waals surface area contributed by atoms with E-state index in [9.17, 15) is 0 Å². The quantitative estimate of drug-likeness (QED) is 0.181. The van der Waals surface area contributed by atoms with Crippen LogP contribution in [0.2, 0.25) is 0 Å². The smallest absolute Gasteiger partial charge is 0.000718 e. The van der Waals surface area contributed by atoms with Crippen LogP contribution in [0.25, 0.3) is 77.2 Å². The molecule has 0 nitrogen and oxygen atoms in total. The Bertz CT molecular complexity index is 2320. The van der Waals surface area contributed by atoms with E-state index in [2.05, 4.69) is 185 Å². The van der Waals surface area contributed by atoms with E-state index in [1.54, 1.807) is 0 Å². The van der Waals surface area contributed by atoms with Crippen molar-refractivity contribution in [1.82, 2.24) is 0 Å². The van der Waals surface area contributed by atoms with Crippen LogP contribution in [-0.2, 0) is 0 Å². The summed E-state index contributed by atoms with van der Waals surface area (Å²) in [5.41, 5.74) is 16.6. The van der Waals surface area contributed by atoms with Crippen LogP contribution in [0.1, 0.15) is 22.3 Å². The van der Waals surface area contributed by atoms with E-state index in [-0.39, 0.29) is 0 Å². The first kappa shape index (κ1) is 29.7. The Kier molecular flexibility index (Phi) is 7.50. The number of aryl methyl sites for hydroxylation is 4. The average molecular weight is 613 g/mol. The SMILES string of the molecule is Cc1cccc(-c2cccc3c(-c4cccc(C)c4)cc(-c4[c]c5c(-c6cccc(C)c6)cccc5c(-c5cccc(C)c5)c4)[c]c23)c1. The number of hydrogen-bond donors (Lipinski definition) is 0. The van der Waals surface area contributed by atoms with Gasteiger partial charge in [-0.2, -0.15) is 0 Å². The summed E-state index contributed by atoms with van der Waals surface area (Å²) in [5.74, 6) is 0. The molecule has 0 heteroatoms. The largest absolute Gasteiger partial charge is 0.0614 e. The van der Waals surface area contributed by atoms with E-state index in [1.807, 2.05) is 0 Å². The lowest BCUT2D eigenvalue weighted by Gasteiger charge is -2.17. The molecule has 8 rings (SSSR count). The van der Waals surface area contributed by atoms with Crippen LogP contribution in [0.4, 0.5) is 0 Å². The maximum Gasteiger partial charge on any atom is -0.000718 e. The topological polar surface area (TPSA) is 0 Å². The summed E-state index contributed by atoms with van der Waals surface area (Å²) in [7, 11) is 0. The van der Waals surface area contributed by atoms with Crippen molar-refractivity contribution in [1.29, 1.82) is 0 Å². The van der Waals surface area contributed by atoms with E-state index in [0.29, 0.717) is 0 Å². The molecule has 0 spiro atoms. The van der Waals surface area contributed by atoms with Crippen molar-refractivity contribution in [2.75, 3.05) is 0 Å². The molecule has 228 valence electrons. The Labute approximate surface area is 284 Å². The zero-order valence-electron chi connectivity index (χ0n) is 27.9. The summed E-state index contributed by atoms with van der Waals surface area (Å²) in [6.07, 6.45) is 0. The number of rotatable bonds is 5. The minimum Gasteiger partial charge on any atom is -0.0614 e. The predicted octanol–water partition coefficient (Wildman–Crippen LogP) is 13.2. The van der Waals surface area contributed by atoms with Gasteiger partial charge in [0, 0.05) is 0 Å². The fraction of sp³-hybridized carbons (Fsp3) is 0.0833. The fourth-order valence-electron chi connectivity index (χ4n) is 7.11. The Balaban J connectivity index is 1.47. The lowest BCUT2D eigenvalue weighted by atomic mass is 9.86. The summed E-state index contributed by atoms with van der Waals surface area (Å²) in [4.78, 5) is 0. The molecule has 0 bridgehead atoms. The van der Waals surface area contributed by atoms with E-state index in [1.165, 1.54) is 77.5 Å². The molecule has 8 aromatic rings. The zero-order valence-corrected chi connectivity index (χ0v) is 27.9. The molecule has 0 aliphatic heterocycles. The van der Waals surface area contributed by atoms with E-state index < -0.39 is 0 Å². The Hall–Kier alpha value is -5.72. The second-order valence-electron chi connectivity index (χ2n) is 13.1. The molecule has 48 heavy (non-hydrogen) atoms. The number of benzene rings is 8. The summed E-state index contributed by atoms with van der Waals surface area (Å²) in [6, 6.07) is 61.1. The highest BCUT2D eigenvalue weighted by Gasteiger charge is 2.17. The van der Waals surface area contributed by atoms with Crippen molar-refractivity contribution >= 4 is 21.5 Å².